The van der Waals surface area contributed by atoms with Crippen molar-refractivity contribution < 1.29 is 18.0 Å². The molecule has 0 spiro atoms. The fraction of sp³-hybridized carbons (Fsp3) is 0.381. The Kier molecular flexibility index (Phi) is 6.98. The first-order chi connectivity index (χ1) is 13.9. The Morgan fingerprint density at radius 2 is 2.03 bits per heavy atom. The van der Waals surface area contributed by atoms with E-state index in [4.69, 9.17) is 0 Å². The van der Waals surface area contributed by atoms with Gasteiger partial charge in [0.05, 0.1) is 10.6 Å². The summed E-state index contributed by atoms with van der Waals surface area (Å²) in [5.41, 5.74) is 2.46. The lowest BCUT2D eigenvalue weighted by atomic mass is 10.1. The fourth-order valence-corrected chi connectivity index (χ4v) is 4.65. The molecule has 8 heteroatoms. The van der Waals surface area contributed by atoms with Crippen LogP contribution in [-0.2, 0) is 32.4 Å². The van der Waals surface area contributed by atoms with E-state index in [9.17, 15) is 18.0 Å². The maximum Gasteiger partial charge on any atom is 0.224 e. The molecule has 2 aromatic rings. The van der Waals surface area contributed by atoms with Gasteiger partial charge in [-0.25, -0.2) is 8.42 Å². The number of rotatable bonds is 8. The van der Waals surface area contributed by atoms with Crippen LogP contribution < -0.4 is 10.6 Å². The molecule has 1 aliphatic heterocycles. The van der Waals surface area contributed by atoms with Gasteiger partial charge in [-0.2, -0.15) is 0 Å². The van der Waals surface area contributed by atoms with Crippen molar-refractivity contribution in [3.8, 4) is 0 Å². The van der Waals surface area contributed by atoms with Crippen LogP contribution in [0.2, 0.25) is 0 Å². The summed E-state index contributed by atoms with van der Waals surface area (Å²) < 4.78 is 25.3. The van der Waals surface area contributed by atoms with E-state index in [1.54, 1.807) is 30.6 Å². The van der Waals surface area contributed by atoms with Crippen molar-refractivity contribution >= 4 is 27.3 Å². The Hall–Kier alpha value is -2.74. The van der Waals surface area contributed by atoms with E-state index in [-0.39, 0.29) is 28.9 Å². The number of anilines is 1. The number of hydrogen-bond donors (Lipinski definition) is 2. The molecular formula is C21H25N3O4S. The smallest absolute Gasteiger partial charge is 0.224 e. The number of carbonyl (C=O) groups excluding carboxylic acids is 2. The number of benzene rings is 1. The highest BCUT2D eigenvalue weighted by Crippen LogP contribution is 2.26. The molecule has 3 rings (SSSR count). The van der Waals surface area contributed by atoms with Gasteiger partial charge in [-0.1, -0.05) is 6.07 Å². The van der Waals surface area contributed by atoms with Crippen LogP contribution in [0.4, 0.5) is 5.69 Å². The summed E-state index contributed by atoms with van der Waals surface area (Å²) in [6, 6.07) is 8.56. The molecule has 2 amide bonds. The summed E-state index contributed by atoms with van der Waals surface area (Å²) in [7, 11) is -3.43. The largest absolute Gasteiger partial charge is 0.352 e. The molecule has 2 N–H and O–H groups in total. The number of nitrogens with zero attached hydrogens (tertiary/aromatic N) is 1. The van der Waals surface area contributed by atoms with Crippen molar-refractivity contribution in [3.63, 3.8) is 0 Å². The van der Waals surface area contributed by atoms with Gasteiger partial charge in [-0.15, -0.1) is 0 Å². The molecule has 2 heterocycles. The molecule has 29 heavy (non-hydrogen) atoms. The number of hydrogen-bond acceptors (Lipinski definition) is 5. The van der Waals surface area contributed by atoms with Crippen LogP contribution in [0.3, 0.4) is 0 Å². The first-order valence-electron chi connectivity index (χ1n) is 9.75. The maximum absolute atomic E-state index is 12.6. The van der Waals surface area contributed by atoms with Gasteiger partial charge in [0.15, 0.2) is 9.84 Å². The second-order valence-electron chi connectivity index (χ2n) is 7.13. The zero-order valence-electron chi connectivity index (χ0n) is 16.2. The van der Waals surface area contributed by atoms with Gasteiger partial charge in [0, 0.05) is 37.5 Å². The van der Waals surface area contributed by atoms with Crippen molar-refractivity contribution in [1.82, 2.24) is 10.3 Å². The second-order valence-corrected chi connectivity index (χ2v) is 9.24. The zero-order valence-corrected chi connectivity index (χ0v) is 17.0. The number of nitrogens with one attached hydrogen (secondary N) is 2. The number of carbonyl (C=O) groups is 2. The van der Waals surface area contributed by atoms with Crippen LogP contribution in [0.25, 0.3) is 0 Å². The van der Waals surface area contributed by atoms with E-state index in [2.05, 4.69) is 15.6 Å². The van der Waals surface area contributed by atoms with E-state index in [0.29, 0.717) is 44.3 Å². The fourth-order valence-electron chi connectivity index (χ4n) is 3.23. The Morgan fingerprint density at radius 3 is 2.83 bits per heavy atom. The predicted molar refractivity (Wildman–Crippen MR) is 110 cm³/mol. The van der Waals surface area contributed by atoms with Crippen molar-refractivity contribution in [2.24, 2.45) is 0 Å². The van der Waals surface area contributed by atoms with Crippen LogP contribution in [0.1, 0.15) is 43.2 Å². The van der Waals surface area contributed by atoms with Crippen LogP contribution in [-0.4, -0.2) is 31.0 Å². The van der Waals surface area contributed by atoms with Gasteiger partial charge in [-0.05, 0) is 61.1 Å². The number of sulfone groups is 1. The minimum Gasteiger partial charge on any atom is -0.352 e. The number of amides is 2. The molecule has 0 atom stereocenters. The minimum absolute atomic E-state index is 0.00592. The van der Waals surface area contributed by atoms with Gasteiger partial charge in [-0.3, -0.25) is 14.6 Å². The molecule has 0 radical (unpaired) electrons. The molecule has 1 aromatic heterocycles. The third kappa shape index (κ3) is 6.12. The molecule has 0 fully saturated rings. The van der Waals surface area contributed by atoms with E-state index >= 15 is 0 Å². The van der Waals surface area contributed by atoms with Crippen molar-refractivity contribution in [3.05, 3.63) is 53.9 Å². The summed E-state index contributed by atoms with van der Waals surface area (Å²) in [4.78, 5) is 27.8. The third-order valence-electron chi connectivity index (χ3n) is 4.84. The predicted octanol–water partition coefficient (Wildman–Crippen LogP) is 2.62. The third-order valence-corrected chi connectivity index (χ3v) is 6.64. The Morgan fingerprint density at radius 1 is 1.17 bits per heavy atom. The molecule has 154 valence electrons. The Balaban J connectivity index is 1.47. The van der Waals surface area contributed by atoms with Gasteiger partial charge in [0.1, 0.15) is 0 Å². The molecular weight excluding hydrogens is 390 g/mol. The quantitative estimate of drug-likeness (QED) is 0.645. The summed E-state index contributed by atoms with van der Waals surface area (Å²) in [5, 5.41) is 5.62. The number of aryl methyl sites for hydroxylation is 1. The van der Waals surface area contributed by atoms with Crippen molar-refractivity contribution in [2.45, 2.75) is 50.0 Å². The molecule has 0 unspecified atom stereocenters. The molecule has 1 aliphatic rings. The average Bonchev–Trinajstić information content (AvgIpc) is 2.90. The maximum atomic E-state index is 12.6. The van der Waals surface area contributed by atoms with Crippen molar-refractivity contribution in [1.29, 1.82) is 0 Å². The lowest BCUT2D eigenvalue weighted by molar-refractivity contribution is -0.121. The molecule has 0 saturated heterocycles. The van der Waals surface area contributed by atoms with E-state index < -0.39 is 9.84 Å². The summed E-state index contributed by atoms with van der Waals surface area (Å²) in [5.74, 6) is -0.151. The summed E-state index contributed by atoms with van der Waals surface area (Å²) >= 11 is 0. The molecule has 0 aliphatic carbocycles. The topological polar surface area (TPSA) is 105 Å². The zero-order chi connectivity index (χ0) is 20.7. The number of unbranched alkanes of at least 4 members (excludes halogenated alkanes) is 1. The lowest BCUT2D eigenvalue weighted by Gasteiger charge is -2.10. The molecule has 0 saturated carbocycles. The molecule has 7 nitrogen and oxygen atoms in total. The average molecular weight is 416 g/mol. The van der Waals surface area contributed by atoms with Crippen LogP contribution in [0.5, 0.6) is 0 Å². The molecule has 0 bridgehead atoms. The van der Waals surface area contributed by atoms with Crippen LogP contribution >= 0.6 is 0 Å². The SMILES string of the molecule is O=C(CCCCS(=O)(=O)c1ccc2c(c1)CCCC(=O)N2)NCc1cccnc1. The lowest BCUT2D eigenvalue weighted by Crippen LogP contribution is -2.22. The van der Waals surface area contributed by atoms with E-state index in [1.165, 1.54) is 0 Å². The Bertz CT molecular complexity index is 975. The van der Waals surface area contributed by atoms with E-state index in [1.807, 2.05) is 12.1 Å². The second kappa shape index (κ2) is 9.65. The number of fused-ring (bicyclic) bond motifs is 1. The highest BCUT2D eigenvalue weighted by molar-refractivity contribution is 7.91. The highest BCUT2D eigenvalue weighted by atomic mass is 32.2. The standard InChI is InChI=1S/C21H25N3O4S/c25-20(23-15-16-5-4-11-22-14-16)7-1-2-12-29(27,28)18-9-10-19-17(13-18)6-3-8-21(26)24-19/h4-5,9-11,13-14H,1-3,6-8,12,15H2,(H,23,25)(H,24,26). The van der Waals surface area contributed by atoms with Gasteiger partial charge >= 0.3 is 0 Å². The Labute approximate surface area is 170 Å². The first kappa shape index (κ1) is 21.0. The first-order valence-corrected chi connectivity index (χ1v) is 11.4. The number of pyridine rings is 1. The van der Waals surface area contributed by atoms with Gasteiger partial charge < -0.3 is 10.6 Å². The summed E-state index contributed by atoms with van der Waals surface area (Å²) in [6.45, 7) is 0.413. The number of aromatic nitrogens is 1. The monoisotopic (exact) mass is 415 g/mol. The van der Waals surface area contributed by atoms with Gasteiger partial charge in [0.2, 0.25) is 11.8 Å². The van der Waals surface area contributed by atoms with Gasteiger partial charge in [0.25, 0.3) is 0 Å². The molecule has 1 aromatic carbocycles. The van der Waals surface area contributed by atoms with Crippen molar-refractivity contribution in [2.75, 3.05) is 11.1 Å². The normalized spacial score (nSPS) is 13.9. The minimum atomic E-state index is -3.43. The highest BCUT2D eigenvalue weighted by Gasteiger charge is 2.19. The van der Waals surface area contributed by atoms with E-state index in [0.717, 1.165) is 11.1 Å². The summed E-state index contributed by atoms with van der Waals surface area (Å²) in [6.07, 6.45) is 6.39. The van der Waals surface area contributed by atoms with Crippen LogP contribution in [0, 0.1) is 0 Å². The van der Waals surface area contributed by atoms with Crippen LogP contribution in [0.15, 0.2) is 47.6 Å².